The molecule has 2 aromatic rings. The molecule has 1 N–H and O–H groups in total. The van der Waals surface area contributed by atoms with Crippen LogP contribution in [0, 0.1) is 0 Å². The lowest BCUT2D eigenvalue weighted by Gasteiger charge is -2.43. The van der Waals surface area contributed by atoms with E-state index in [9.17, 15) is 9.59 Å². The van der Waals surface area contributed by atoms with Crippen LogP contribution in [0.25, 0.3) is 10.9 Å². The molecule has 2 aliphatic rings. The lowest BCUT2D eigenvalue weighted by atomic mass is 9.90. The first-order chi connectivity index (χ1) is 11.7. The number of H-pyrrole nitrogens is 1. The van der Waals surface area contributed by atoms with Gasteiger partial charge in [0, 0.05) is 17.6 Å². The van der Waals surface area contributed by atoms with Crippen molar-refractivity contribution in [2.75, 3.05) is 13.2 Å². The van der Waals surface area contributed by atoms with Crippen molar-refractivity contribution in [2.24, 2.45) is 0 Å². The van der Waals surface area contributed by atoms with Crippen molar-refractivity contribution >= 4 is 16.8 Å². The SMILES string of the molecule is O=C(Cc1cc2ccccc2[nH]c1=O)N1CCOC2CCCCC21. The van der Waals surface area contributed by atoms with Crippen LogP contribution in [-0.2, 0) is 16.0 Å². The summed E-state index contributed by atoms with van der Waals surface area (Å²) < 4.78 is 5.83. The first-order valence-corrected chi connectivity index (χ1v) is 8.74. The van der Waals surface area contributed by atoms with Gasteiger partial charge in [0.15, 0.2) is 0 Å². The van der Waals surface area contributed by atoms with Gasteiger partial charge in [-0.2, -0.15) is 0 Å². The molecule has 2 unspecified atom stereocenters. The number of aromatic nitrogens is 1. The number of hydrogen-bond donors (Lipinski definition) is 1. The van der Waals surface area contributed by atoms with E-state index in [1.165, 1.54) is 6.42 Å². The number of para-hydroxylation sites is 1. The summed E-state index contributed by atoms with van der Waals surface area (Å²) in [5.74, 6) is 0.0379. The Kier molecular flexibility index (Phi) is 4.10. The monoisotopic (exact) mass is 326 g/mol. The molecule has 2 fully saturated rings. The minimum Gasteiger partial charge on any atom is -0.374 e. The number of ether oxygens (including phenoxy) is 1. The highest BCUT2D eigenvalue weighted by Crippen LogP contribution is 2.28. The highest BCUT2D eigenvalue weighted by atomic mass is 16.5. The van der Waals surface area contributed by atoms with Gasteiger partial charge in [0.1, 0.15) is 0 Å². The van der Waals surface area contributed by atoms with Gasteiger partial charge in [-0.25, -0.2) is 0 Å². The number of nitrogens with one attached hydrogen (secondary N) is 1. The van der Waals surface area contributed by atoms with E-state index in [-0.39, 0.29) is 30.0 Å². The molecule has 2 heterocycles. The molecule has 24 heavy (non-hydrogen) atoms. The van der Waals surface area contributed by atoms with Gasteiger partial charge >= 0.3 is 0 Å². The summed E-state index contributed by atoms with van der Waals surface area (Å²) in [6.45, 7) is 1.23. The van der Waals surface area contributed by atoms with E-state index in [0.717, 1.165) is 30.2 Å². The average molecular weight is 326 g/mol. The van der Waals surface area contributed by atoms with Gasteiger partial charge in [-0.05, 0) is 30.4 Å². The quantitative estimate of drug-likeness (QED) is 0.920. The van der Waals surface area contributed by atoms with Crippen molar-refractivity contribution in [2.45, 2.75) is 44.2 Å². The van der Waals surface area contributed by atoms with Crippen molar-refractivity contribution in [3.05, 3.63) is 46.2 Å². The average Bonchev–Trinajstić information content (AvgIpc) is 2.62. The Hall–Kier alpha value is -2.14. The standard InChI is InChI=1S/C19H22N2O3/c22-18(21-9-10-24-17-8-4-3-7-16(17)21)12-14-11-13-5-1-2-6-15(13)20-19(14)23/h1-2,5-6,11,16-17H,3-4,7-10,12H2,(H,20,23). The lowest BCUT2D eigenvalue weighted by molar-refractivity contribution is -0.148. The largest absolute Gasteiger partial charge is 0.374 e. The Morgan fingerprint density at radius 3 is 3.00 bits per heavy atom. The fourth-order valence-electron chi connectivity index (χ4n) is 3.99. The number of fused-ring (bicyclic) bond motifs is 2. The molecule has 1 amide bonds. The maximum atomic E-state index is 12.8. The second-order valence-electron chi connectivity index (χ2n) is 6.74. The topological polar surface area (TPSA) is 62.4 Å². The van der Waals surface area contributed by atoms with Crippen LogP contribution in [0.1, 0.15) is 31.2 Å². The summed E-state index contributed by atoms with van der Waals surface area (Å²) in [6.07, 6.45) is 4.68. The molecule has 5 heteroatoms. The third kappa shape index (κ3) is 2.84. The summed E-state index contributed by atoms with van der Waals surface area (Å²) in [7, 11) is 0. The predicted molar refractivity (Wildman–Crippen MR) is 92.0 cm³/mol. The molecule has 1 aliphatic heterocycles. The predicted octanol–water partition coefficient (Wildman–Crippen LogP) is 2.24. The van der Waals surface area contributed by atoms with Gasteiger partial charge in [0.05, 0.1) is 25.2 Å². The summed E-state index contributed by atoms with van der Waals surface area (Å²) in [5, 5.41) is 0.956. The number of carbonyl (C=O) groups is 1. The van der Waals surface area contributed by atoms with Crippen LogP contribution in [0.4, 0.5) is 0 Å². The molecule has 0 bridgehead atoms. The van der Waals surface area contributed by atoms with E-state index in [4.69, 9.17) is 4.74 Å². The molecule has 126 valence electrons. The Morgan fingerprint density at radius 2 is 2.08 bits per heavy atom. The highest BCUT2D eigenvalue weighted by molar-refractivity contribution is 5.83. The van der Waals surface area contributed by atoms with E-state index >= 15 is 0 Å². The number of benzene rings is 1. The Bertz CT molecular complexity index is 812. The Balaban J connectivity index is 1.57. The molecule has 1 aliphatic carbocycles. The highest BCUT2D eigenvalue weighted by Gasteiger charge is 2.36. The maximum absolute atomic E-state index is 12.8. The molecule has 1 aromatic carbocycles. The van der Waals surface area contributed by atoms with Crippen molar-refractivity contribution in [3.8, 4) is 0 Å². The molecular formula is C19H22N2O3. The van der Waals surface area contributed by atoms with Crippen molar-refractivity contribution < 1.29 is 9.53 Å². The smallest absolute Gasteiger partial charge is 0.252 e. The molecule has 1 saturated carbocycles. The zero-order valence-electron chi connectivity index (χ0n) is 13.7. The van der Waals surface area contributed by atoms with Crippen LogP contribution in [-0.4, -0.2) is 41.1 Å². The van der Waals surface area contributed by atoms with Gasteiger partial charge < -0.3 is 14.6 Å². The Labute approximate surface area is 140 Å². The number of rotatable bonds is 2. The number of morpholine rings is 1. The van der Waals surface area contributed by atoms with E-state index < -0.39 is 0 Å². The van der Waals surface area contributed by atoms with Crippen LogP contribution in [0.5, 0.6) is 0 Å². The van der Waals surface area contributed by atoms with E-state index in [1.807, 2.05) is 35.2 Å². The normalized spacial score (nSPS) is 23.9. The molecule has 0 spiro atoms. The van der Waals surface area contributed by atoms with Gasteiger partial charge in [-0.15, -0.1) is 0 Å². The summed E-state index contributed by atoms with van der Waals surface area (Å²) >= 11 is 0. The number of pyridine rings is 1. The number of aromatic amines is 1. The summed E-state index contributed by atoms with van der Waals surface area (Å²) in [6, 6.07) is 9.66. The molecule has 0 radical (unpaired) electrons. The third-order valence-corrected chi connectivity index (χ3v) is 5.22. The van der Waals surface area contributed by atoms with Crippen LogP contribution >= 0.6 is 0 Å². The molecular weight excluding hydrogens is 304 g/mol. The van der Waals surface area contributed by atoms with Gasteiger partial charge in [0.2, 0.25) is 5.91 Å². The fourth-order valence-corrected chi connectivity index (χ4v) is 3.99. The number of amides is 1. The Morgan fingerprint density at radius 1 is 1.25 bits per heavy atom. The second kappa shape index (κ2) is 6.40. The van der Waals surface area contributed by atoms with Crippen molar-refractivity contribution in [3.63, 3.8) is 0 Å². The number of carbonyl (C=O) groups excluding carboxylic acids is 1. The molecule has 1 aromatic heterocycles. The van der Waals surface area contributed by atoms with Crippen molar-refractivity contribution in [1.82, 2.24) is 9.88 Å². The third-order valence-electron chi connectivity index (χ3n) is 5.22. The second-order valence-corrected chi connectivity index (χ2v) is 6.74. The van der Waals surface area contributed by atoms with Crippen LogP contribution in [0.15, 0.2) is 35.1 Å². The first kappa shape index (κ1) is 15.4. The van der Waals surface area contributed by atoms with Gasteiger partial charge in [-0.1, -0.05) is 31.0 Å². The van der Waals surface area contributed by atoms with Crippen molar-refractivity contribution in [1.29, 1.82) is 0 Å². The van der Waals surface area contributed by atoms with Crippen LogP contribution in [0.3, 0.4) is 0 Å². The zero-order chi connectivity index (χ0) is 16.5. The fraction of sp³-hybridized carbons (Fsp3) is 0.474. The van der Waals surface area contributed by atoms with E-state index in [0.29, 0.717) is 18.7 Å². The van der Waals surface area contributed by atoms with Gasteiger partial charge in [0.25, 0.3) is 5.56 Å². The van der Waals surface area contributed by atoms with Crippen LogP contribution < -0.4 is 5.56 Å². The van der Waals surface area contributed by atoms with Crippen LogP contribution in [0.2, 0.25) is 0 Å². The lowest BCUT2D eigenvalue weighted by Crippen LogP contribution is -2.55. The summed E-state index contributed by atoms with van der Waals surface area (Å²) in [5.41, 5.74) is 1.17. The molecule has 2 atom stereocenters. The molecule has 4 rings (SSSR count). The first-order valence-electron chi connectivity index (χ1n) is 8.74. The minimum absolute atomic E-state index is 0.0379. The summed E-state index contributed by atoms with van der Waals surface area (Å²) in [4.78, 5) is 29.9. The number of hydrogen-bond acceptors (Lipinski definition) is 3. The van der Waals surface area contributed by atoms with E-state index in [2.05, 4.69) is 4.98 Å². The number of nitrogens with zero attached hydrogens (tertiary/aromatic N) is 1. The maximum Gasteiger partial charge on any atom is 0.252 e. The molecule has 5 nitrogen and oxygen atoms in total. The van der Waals surface area contributed by atoms with E-state index in [1.54, 1.807) is 0 Å². The minimum atomic E-state index is -0.171. The van der Waals surface area contributed by atoms with Gasteiger partial charge in [-0.3, -0.25) is 9.59 Å². The zero-order valence-corrected chi connectivity index (χ0v) is 13.7. The molecule has 1 saturated heterocycles.